The highest BCUT2D eigenvalue weighted by Crippen LogP contribution is 2.37. The number of ether oxygens (including phenoxy) is 2. The lowest BCUT2D eigenvalue weighted by atomic mass is 10.0. The SMILES string of the molecule is C=CCN1C(=O)C(Nc2cc(OC)ccc2OC)=C(c2ccc(Cl)cc2Cl)C1=O. The summed E-state index contributed by atoms with van der Waals surface area (Å²) < 4.78 is 10.6. The van der Waals surface area contributed by atoms with Crippen LogP contribution in [-0.2, 0) is 9.59 Å². The molecule has 2 amide bonds. The fraction of sp³-hybridized carbons (Fsp3) is 0.143. The minimum Gasteiger partial charge on any atom is -0.497 e. The lowest BCUT2D eigenvalue weighted by molar-refractivity contribution is -0.136. The first-order valence-electron chi connectivity index (χ1n) is 8.57. The second-order valence-corrected chi connectivity index (χ2v) is 6.92. The summed E-state index contributed by atoms with van der Waals surface area (Å²) in [6, 6.07) is 9.81. The van der Waals surface area contributed by atoms with E-state index in [2.05, 4.69) is 11.9 Å². The van der Waals surface area contributed by atoms with E-state index in [9.17, 15) is 9.59 Å². The van der Waals surface area contributed by atoms with E-state index in [-0.39, 0.29) is 22.8 Å². The summed E-state index contributed by atoms with van der Waals surface area (Å²) in [5.41, 5.74) is 1.08. The molecule has 1 N–H and O–H groups in total. The van der Waals surface area contributed by atoms with E-state index in [0.29, 0.717) is 27.8 Å². The van der Waals surface area contributed by atoms with Crippen molar-refractivity contribution in [3.63, 3.8) is 0 Å². The molecule has 0 aromatic heterocycles. The number of carbonyl (C=O) groups excluding carboxylic acids is 2. The molecule has 3 rings (SSSR count). The molecule has 0 spiro atoms. The molecule has 0 radical (unpaired) electrons. The normalized spacial score (nSPS) is 13.7. The Kier molecular flexibility index (Phi) is 6.15. The molecule has 0 bridgehead atoms. The van der Waals surface area contributed by atoms with Crippen LogP contribution in [0.25, 0.3) is 5.57 Å². The maximum atomic E-state index is 13.0. The Morgan fingerprint density at radius 2 is 1.83 bits per heavy atom. The number of halogens is 2. The van der Waals surface area contributed by atoms with E-state index >= 15 is 0 Å². The third-order valence-corrected chi connectivity index (χ3v) is 4.89. The van der Waals surface area contributed by atoms with Crippen molar-refractivity contribution in [2.24, 2.45) is 0 Å². The average molecular weight is 433 g/mol. The van der Waals surface area contributed by atoms with Crippen LogP contribution >= 0.6 is 23.2 Å². The van der Waals surface area contributed by atoms with E-state index in [1.54, 1.807) is 30.3 Å². The minimum absolute atomic E-state index is 0.0623. The molecule has 0 atom stereocenters. The second-order valence-electron chi connectivity index (χ2n) is 6.07. The van der Waals surface area contributed by atoms with E-state index in [1.165, 1.54) is 26.4 Å². The molecular weight excluding hydrogens is 415 g/mol. The van der Waals surface area contributed by atoms with E-state index < -0.39 is 11.8 Å². The van der Waals surface area contributed by atoms with Gasteiger partial charge in [0, 0.05) is 23.2 Å². The van der Waals surface area contributed by atoms with Crippen LogP contribution in [0.1, 0.15) is 5.56 Å². The van der Waals surface area contributed by atoms with Crippen LogP contribution in [0.4, 0.5) is 5.69 Å². The van der Waals surface area contributed by atoms with Crippen molar-refractivity contribution in [1.29, 1.82) is 0 Å². The van der Waals surface area contributed by atoms with Crippen molar-refractivity contribution in [3.8, 4) is 11.5 Å². The third kappa shape index (κ3) is 3.95. The van der Waals surface area contributed by atoms with Gasteiger partial charge in [0.1, 0.15) is 17.2 Å². The number of hydrogen-bond donors (Lipinski definition) is 1. The first kappa shape index (κ1) is 20.8. The molecule has 0 saturated carbocycles. The van der Waals surface area contributed by atoms with Gasteiger partial charge in [-0.2, -0.15) is 0 Å². The van der Waals surface area contributed by atoms with Gasteiger partial charge in [-0.15, -0.1) is 6.58 Å². The standard InChI is InChI=1S/C21H18Cl2N2O4/c1-4-9-25-20(26)18(14-7-5-12(22)10-15(14)23)19(21(25)27)24-16-11-13(28-2)6-8-17(16)29-3/h4-8,10-11,24H,1,9H2,2-3H3. The molecule has 29 heavy (non-hydrogen) atoms. The Labute approximate surface area is 178 Å². The number of carbonyl (C=O) groups is 2. The predicted molar refractivity (Wildman–Crippen MR) is 113 cm³/mol. The number of amides is 2. The molecule has 1 aliphatic rings. The van der Waals surface area contributed by atoms with Gasteiger partial charge in [-0.3, -0.25) is 14.5 Å². The lowest BCUT2D eigenvalue weighted by Crippen LogP contribution is -2.32. The molecular formula is C21H18Cl2N2O4. The summed E-state index contributed by atoms with van der Waals surface area (Å²) in [5.74, 6) is 0.0474. The highest BCUT2D eigenvalue weighted by atomic mass is 35.5. The molecule has 2 aromatic carbocycles. The van der Waals surface area contributed by atoms with Crippen LogP contribution in [0.5, 0.6) is 11.5 Å². The first-order chi connectivity index (χ1) is 13.9. The Morgan fingerprint density at radius 1 is 1.07 bits per heavy atom. The largest absolute Gasteiger partial charge is 0.497 e. The molecule has 0 fully saturated rings. The van der Waals surface area contributed by atoms with Gasteiger partial charge in [-0.05, 0) is 24.3 Å². The van der Waals surface area contributed by atoms with Gasteiger partial charge in [0.05, 0.1) is 30.5 Å². The molecule has 2 aromatic rings. The molecule has 1 aliphatic heterocycles. The Bertz CT molecular complexity index is 1030. The molecule has 0 aliphatic carbocycles. The van der Waals surface area contributed by atoms with Crippen molar-refractivity contribution >= 4 is 46.3 Å². The Morgan fingerprint density at radius 3 is 2.45 bits per heavy atom. The van der Waals surface area contributed by atoms with E-state index in [0.717, 1.165) is 4.90 Å². The second kappa shape index (κ2) is 8.59. The highest BCUT2D eigenvalue weighted by Gasteiger charge is 2.39. The number of rotatable bonds is 7. The van der Waals surface area contributed by atoms with E-state index in [4.69, 9.17) is 32.7 Å². The van der Waals surface area contributed by atoms with Gasteiger partial charge in [-0.1, -0.05) is 35.3 Å². The third-order valence-electron chi connectivity index (χ3n) is 4.35. The van der Waals surface area contributed by atoms with Crippen molar-refractivity contribution in [2.75, 3.05) is 26.1 Å². The fourth-order valence-electron chi connectivity index (χ4n) is 2.98. The number of nitrogens with zero attached hydrogens (tertiary/aromatic N) is 1. The van der Waals surface area contributed by atoms with Gasteiger partial charge in [0.15, 0.2) is 0 Å². The zero-order valence-electron chi connectivity index (χ0n) is 15.8. The van der Waals surface area contributed by atoms with Crippen LogP contribution in [0.15, 0.2) is 54.8 Å². The number of methoxy groups -OCH3 is 2. The minimum atomic E-state index is -0.499. The number of hydrogen-bond acceptors (Lipinski definition) is 5. The average Bonchev–Trinajstić information content (AvgIpc) is 2.93. The maximum absolute atomic E-state index is 13.0. The molecule has 6 nitrogen and oxygen atoms in total. The number of imide groups is 1. The van der Waals surface area contributed by atoms with Gasteiger partial charge in [0.25, 0.3) is 11.8 Å². The van der Waals surface area contributed by atoms with Crippen LogP contribution in [-0.4, -0.2) is 37.5 Å². The summed E-state index contributed by atoms with van der Waals surface area (Å²) in [4.78, 5) is 27.1. The quantitative estimate of drug-likeness (QED) is 0.518. The number of nitrogens with one attached hydrogen (secondary N) is 1. The topological polar surface area (TPSA) is 67.9 Å². The van der Waals surface area contributed by atoms with Gasteiger partial charge in [0.2, 0.25) is 0 Å². The Hall–Kier alpha value is -2.96. The molecule has 0 saturated heterocycles. The first-order valence-corrected chi connectivity index (χ1v) is 9.32. The molecule has 0 unspecified atom stereocenters. The van der Waals surface area contributed by atoms with Gasteiger partial charge in [-0.25, -0.2) is 0 Å². The maximum Gasteiger partial charge on any atom is 0.278 e. The lowest BCUT2D eigenvalue weighted by Gasteiger charge is -2.14. The van der Waals surface area contributed by atoms with Crippen molar-refractivity contribution < 1.29 is 19.1 Å². The van der Waals surface area contributed by atoms with Crippen molar-refractivity contribution in [2.45, 2.75) is 0 Å². The van der Waals surface area contributed by atoms with Gasteiger partial charge < -0.3 is 14.8 Å². The molecule has 8 heteroatoms. The van der Waals surface area contributed by atoms with Crippen LogP contribution in [0.2, 0.25) is 10.0 Å². The highest BCUT2D eigenvalue weighted by molar-refractivity contribution is 6.41. The summed E-state index contributed by atoms with van der Waals surface area (Å²) in [5, 5.41) is 3.71. The summed E-state index contributed by atoms with van der Waals surface area (Å²) in [7, 11) is 3.03. The van der Waals surface area contributed by atoms with Crippen molar-refractivity contribution in [1.82, 2.24) is 4.90 Å². The van der Waals surface area contributed by atoms with Crippen LogP contribution in [0.3, 0.4) is 0 Å². The van der Waals surface area contributed by atoms with Crippen molar-refractivity contribution in [3.05, 3.63) is 70.4 Å². The van der Waals surface area contributed by atoms with Crippen LogP contribution < -0.4 is 14.8 Å². The smallest absolute Gasteiger partial charge is 0.278 e. The fourth-order valence-corrected chi connectivity index (χ4v) is 3.48. The zero-order chi connectivity index (χ0) is 21.1. The van der Waals surface area contributed by atoms with E-state index in [1.807, 2.05) is 0 Å². The summed E-state index contributed by atoms with van der Waals surface area (Å²) >= 11 is 12.3. The van der Waals surface area contributed by atoms with Crippen LogP contribution in [0, 0.1) is 0 Å². The van der Waals surface area contributed by atoms with Gasteiger partial charge >= 0.3 is 0 Å². The zero-order valence-corrected chi connectivity index (χ0v) is 17.3. The Balaban J connectivity index is 2.17. The summed E-state index contributed by atoms with van der Waals surface area (Å²) in [6.07, 6.45) is 1.48. The monoisotopic (exact) mass is 432 g/mol. The molecule has 150 valence electrons. The predicted octanol–water partition coefficient (Wildman–Crippen LogP) is 4.39. The summed E-state index contributed by atoms with van der Waals surface area (Å²) in [6.45, 7) is 3.68. The number of anilines is 1. The number of benzene rings is 2. The molecule has 1 heterocycles.